The minimum atomic E-state index is -0.507. The lowest BCUT2D eigenvalue weighted by atomic mass is 10.1. The van der Waals surface area contributed by atoms with Crippen molar-refractivity contribution < 1.29 is 23.5 Å². The summed E-state index contributed by atoms with van der Waals surface area (Å²) < 4.78 is 23.2. The second-order valence-corrected chi connectivity index (χ2v) is 6.06. The molecule has 0 fully saturated rings. The first-order valence-corrected chi connectivity index (χ1v) is 8.33. The van der Waals surface area contributed by atoms with Crippen LogP contribution in [0.1, 0.15) is 22.9 Å². The standard InChI is InChI=1S/C18H18FNO4S/c1-23-15-7-5-12(10-13(15)19)6-8-17(21)20-14(11-18(22)24-2)16-4-3-9-25-16/h3-10,14H,11H2,1-2H3,(H,20,21)/b8-6+. The van der Waals surface area contributed by atoms with Crippen molar-refractivity contribution in [2.75, 3.05) is 14.2 Å². The Labute approximate surface area is 149 Å². The van der Waals surface area contributed by atoms with E-state index in [9.17, 15) is 14.0 Å². The van der Waals surface area contributed by atoms with Gasteiger partial charge in [0.05, 0.1) is 26.7 Å². The fourth-order valence-corrected chi connectivity index (χ4v) is 2.92. The average molecular weight is 363 g/mol. The summed E-state index contributed by atoms with van der Waals surface area (Å²) in [6.45, 7) is 0. The Kier molecular flexibility index (Phi) is 6.71. The Morgan fingerprint density at radius 2 is 2.12 bits per heavy atom. The quantitative estimate of drug-likeness (QED) is 0.605. The molecule has 0 radical (unpaired) electrons. The van der Waals surface area contributed by atoms with Crippen LogP contribution in [-0.4, -0.2) is 26.1 Å². The van der Waals surface area contributed by atoms with Crippen LogP contribution in [0.25, 0.3) is 6.08 Å². The number of ether oxygens (including phenoxy) is 2. The van der Waals surface area contributed by atoms with E-state index in [1.165, 1.54) is 49.8 Å². The second-order valence-electron chi connectivity index (χ2n) is 5.08. The van der Waals surface area contributed by atoms with E-state index in [4.69, 9.17) is 4.74 Å². The van der Waals surface area contributed by atoms with E-state index in [0.717, 1.165) is 4.88 Å². The molecule has 0 bridgehead atoms. The van der Waals surface area contributed by atoms with Gasteiger partial charge in [-0.1, -0.05) is 12.1 Å². The summed E-state index contributed by atoms with van der Waals surface area (Å²) in [5.74, 6) is -1.18. The first-order valence-electron chi connectivity index (χ1n) is 7.46. The van der Waals surface area contributed by atoms with Crippen molar-refractivity contribution in [2.45, 2.75) is 12.5 Å². The third kappa shape index (κ3) is 5.42. The summed E-state index contributed by atoms with van der Waals surface area (Å²) in [5, 5.41) is 4.62. The maximum absolute atomic E-state index is 13.6. The predicted octanol–water partition coefficient (Wildman–Crippen LogP) is 3.33. The molecule has 1 aromatic carbocycles. The molecule has 0 aliphatic rings. The highest BCUT2D eigenvalue weighted by Gasteiger charge is 2.18. The summed E-state index contributed by atoms with van der Waals surface area (Å²) in [6.07, 6.45) is 2.81. The van der Waals surface area contributed by atoms with Crippen LogP contribution in [0.2, 0.25) is 0 Å². The van der Waals surface area contributed by atoms with Gasteiger partial charge in [-0.3, -0.25) is 9.59 Å². The molecule has 7 heteroatoms. The third-order valence-electron chi connectivity index (χ3n) is 3.40. The van der Waals surface area contributed by atoms with Crippen LogP contribution in [0, 0.1) is 5.82 Å². The number of rotatable bonds is 7. The van der Waals surface area contributed by atoms with Crippen LogP contribution in [0.4, 0.5) is 4.39 Å². The lowest BCUT2D eigenvalue weighted by Crippen LogP contribution is -2.28. The van der Waals surface area contributed by atoms with Crippen LogP contribution >= 0.6 is 11.3 Å². The van der Waals surface area contributed by atoms with E-state index in [1.54, 1.807) is 6.07 Å². The molecule has 132 valence electrons. The number of nitrogens with one attached hydrogen (secondary N) is 1. The molecule has 1 heterocycles. The van der Waals surface area contributed by atoms with Crippen LogP contribution < -0.4 is 10.1 Å². The predicted molar refractivity (Wildman–Crippen MR) is 93.8 cm³/mol. The molecular formula is C18H18FNO4S. The van der Waals surface area contributed by atoms with Crippen molar-refractivity contribution >= 4 is 29.3 Å². The van der Waals surface area contributed by atoms with Gasteiger partial charge in [-0.15, -0.1) is 11.3 Å². The average Bonchev–Trinajstić information content (AvgIpc) is 3.14. The maximum Gasteiger partial charge on any atom is 0.307 e. The van der Waals surface area contributed by atoms with Gasteiger partial charge in [-0.25, -0.2) is 4.39 Å². The number of amides is 1. The topological polar surface area (TPSA) is 64.6 Å². The fraction of sp³-hybridized carbons (Fsp3) is 0.222. The van der Waals surface area contributed by atoms with Crippen molar-refractivity contribution in [3.05, 3.63) is 58.0 Å². The Hall–Kier alpha value is -2.67. The molecule has 25 heavy (non-hydrogen) atoms. The Morgan fingerprint density at radius 3 is 2.72 bits per heavy atom. The number of esters is 1. The summed E-state index contributed by atoms with van der Waals surface area (Å²) in [5.41, 5.74) is 0.522. The smallest absolute Gasteiger partial charge is 0.307 e. The highest BCUT2D eigenvalue weighted by molar-refractivity contribution is 7.10. The lowest BCUT2D eigenvalue weighted by molar-refractivity contribution is -0.141. The maximum atomic E-state index is 13.6. The minimum absolute atomic E-state index is 0.0355. The van der Waals surface area contributed by atoms with Gasteiger partial charge in [0.1, 0.15) is 0 Å². The zero-order valence-corrected chi connectivity index (χ0v) is 14.6. The third-order valence-corrected chi connectivity index (χ3v) is 4.39. The van der Waals surface area contributed by atoms with Crippen molar-refractivity contribution in [3.8, 4) is 5.75 Å². The van der Waals surface area contributed by atoms with Crippen LogP contribution in [0.3, 0.4) is 0 Å². The van der Waals surface area contributed by atoms with Gasteiger partial charge in [0, 0.05) is 11.0 Å². The van der Waals surface area contributed by atoms with Crippen LogP contribution in [0.5, 0.6) is 5.75 Å². The zero-order chi connectivity index (χ0) is 18.2. The van der Waals surface area contributed by atoms with E-state index in [-0.39, 0.29) is 12.2 Å². The number of carbonyl (C=O) groups is 2. The molecule has 1 aromatic heterocycles. The molecule has 0 aliphatic heterocycles. The number of halogens is 1. The molecular weight excluding hydrogens is 345 g/mol. The van der Waals surface area contributed by atoms with Gasteiger partial charge in [-0.05, 0) is 35.2 Å². The van der Waals surface area contributed by atoms with Crippen molar-refractivity contribution in [2.24, 2.45) is 0 Å². The largest absolute Gasteiger partial charge is 0.494 e. The van der Waals surface area contributed by atoms with Gasteiger partial charge in [0.25, 0.3) is 0 Å². The highest BCUT2D eigenvalue weighted by atomic mass is 32.1. The molecule has 0 aliphatic carbocycles. The number of carbonyl (C=O) groups excluding carboxylic acids is 2. The van der Waals surface area contributed by atoms with Gasteiger partial charge in [0.15, 0.2) is 11.6 Å². The second kappa shape index (κ2) is 8.98. The highest BCUT2D eigenvalue weighted by Crippen LogP contribution is 2.23. The summed E-state index contributed by atoms with van der Waals surface area (Å²) >= 11 is 1.44. The number of hydrogen-bond acceptors (Lipinski definition) is 5. The van der Waals surface area contributed by atoms with E-state index >= 15 is 0 Å². The molecule has 1 unspecified atom stereocenters. The lowest BCUT2D eigenvalue weighted by Gasteiger charge is -2.15. The number of benzene rings is 1. The van der Waals surface area contributed by atoms with Gasteiger partial charge in [0.2, 0.25) is 5.91 Å². The van der Waals surface area contributed by atoms with E-state index in [0.29, 0.717) is 5.56 Å². The molecule has 0 saturated heterocycles. The molecule has 2 aromatic rings. The Balaban J connectivity index is 2.05. The molecule has 5 nitrogen and oxygen atoms in total. The first kappa shape index (κ1) is 18.7. The van der Waals surface area contributed by atoms with Gasteiger partial charge >= 0.3 is 5.97 Å². The fourth-order valence-electron chi connectivity index (χ4n) is 2.14. The van der Waals surface area contributed by atoms with Crippen LogP contribution in [-0.2, 0) is 14.3 Å². The summed E-state index contributed by atoms with van der Waals surface area (Å²) in [4.78, 5) is 24.5. The molecule has 1 N–H and O–H groups in total. The van der Waals surface area contributed by atoms with Crippen molar-refractivity contribution in [3.63, 3.8) is 0 Å². The zero-order valence-electron chi connectivity index (χ0n) is 13.8. The Morgan fingerprint density at radius 1 is 1.32 bits per heavy atom. The monoisotopic (exact) mass is 363 g/mol. The van der Waals surface area contributed by atoms with Crippen molar-refractivity contribution in [1.82, 2.24) is 5.32 Å². The van der Waals surface area contributed by atoms with Crippen LogP contribution in [0.15, 0.2) is 41.8 Å². The van der Waals surface area contributed by atoms with Gasteiger partial charge < -0.3 is 14.8 Å². The van der Waals surface area contributed by atoms with Crippen molar-refractivity contribution in [1.29, 1.82) is 0 Å². The van der Waals surface area contributed by atoms with E-state index in [1.807, 2.05) is 17.5 Å². The summed E-state index contributed by atoms with van der Waals surface area (Å²) in [7, 11) is 2.68. The first-order chi connectivity index (χ1) is 12.0. The van der Waals surface area contributed by atoms with E-state index < -0.39 is 23.7 Å². The molecule has 1 atom stereocenters. The van der Waals surface area contributed by atoms with Gasteiger partial charge in [-0.2, -0.15) is 0 Å². The van der Waals surface area contributed by atoms with E-state index in [2.05, 4.69) is 10.1 Å². The number of methoxy groups -OCH3 is 2. The SMILES string of the molecule is COC(=O)CC(NC(=O)/C=C/c1ccc(OC)c(F)c1)c1cccs1. The normalized spacial score (nSPS) is 12.0. The summed E-state index contributed by atoms with van der Waals surface area (Å²) in [6, 6.07) is 7.59. The number of thiophene rings is 1. The molecule has 1 amide bonds. The molecule has 0 spiro atoms. The molecule has 2 rings (SSSR count). The Bertz CT molecular complexity index is 758. The molecule has 0 saturated carbocycles. The minimum Gasteiger partial charge on any atom is -0.494 e. The number of hydrogen-bond donors (Lipinski definition) is 1.